The van der Waals surface area contributed by atoms with Crippen molar-refractivity contribution in [1.82, 2.24) is 20.4 Å². The molecule has 9 heteroatoms. The van der Waals surface area contributed by atoms with Crippen LogP contribution in [0, 0.1) is 0 Å². The summed E-state index contributed by atoms with van der Waals surface area (Å²) in [5.74, 6) is 0.691. The van der Waals surface area contributed by atoms with Gasteiger partial charge in [-0.05, 0) is 44.2 Å². The molecule has 2 N–H and O–H groups in total. The van der Waals surface area contributed by atoms with Gasteiger partial charge in [-0.3, -0.25) is 4.79 Å². The molecule has 0 atom stereocenters. The Morgan fingerprint density at radius 3 is 2.48 bits per heavy atom. The molecular formula is C22H34IN5O3. The van der Waals surface area contributed by atoms with E-state index < -0.39 is 0 Å². The maximum Gasteiger partial charge on any atom is 0.409 e. The van der Waals surface area contributed by atoms with Gasteiger partial charge in [0.1, 0.15) is 6.54 Å². The second-order valence-electron chi connectivity index (χ2n) is 7.63. The normalized spacial score (nSPS) is 16.8. The number of hydrogen-bond donors (Lipinski definition) is 2. The van der Waals surface area contributed by atoms with Crippen LogP contribution < -0.4 is 10.6 Å². The Balaban J connectivity index is 0.00000341. The fraction of sp³-hybridized carbons (Fsp3) is 0.591. The van der Waals surface area contributed by atoms with E-state index in [1.807, 2.05) is 30.9 Å². The van der Waals surface area contributed by atoms with Gasteiger partial charge < -0.3 is 25.2 Å². The monoisotopic (exact) mass is 543 g/mol. The molecule has 0 unspecified atom stereocenters. The highest BCUT2D eigenvalue weighted by Gasteiger charge is 2.24. The summed E-state index contributed by atoms with van der Waals surface area (Å²) in [6.07, 6.45) is 2.29. The Kier molecular flexibility index (Phi) is 10.4. The van der Waals surface area contributed by atoms with E-state index in [9.17, 15) is 9.59 Å². The van der Waals surface area contributed by atoms with Crippen LogP contribution in [0.3, 0.4) is 0 Å². The number of nitrogens with one attached hydrogen (secondary N) is 2. The van der Waals surface area contributed by atoms with Crippen molar-refractivity contribution in [3.8, 4) is 0 Å². The first kappa shape index (κ1) is 25.2. The number of carbonyl (C=O) groups is 2. The van der Waals surface area contributed by atoms with Crippen LogP contribution in [0.15, 0.2) is 29.3 Å². The van der Waals surface area contributed by atoms with E-state index >= 15 is 0 Å². The van der Waals surface area contributed by atoms with Crippen LogP contribution >= 0.6 is 24.0 Å². The van der Waals surface area contributed by atoms with Crippen molar-refractivity contribution in [2.24, 2.45) is 4.99 Å². The zero-order valence-electron chi connectivity index (χ0n) is 18.4. The van der Waals surface area contributed by atoms with E-state index in [0.717, 1.165) is 32.4 Å². The number of likely N-dealkylation sites (tertiary alicyclic amines) is 1. The van der Waals surface area contributed by atoms with Crippen LogP contribution in [0.4, 0.5) is 4.79 Å². The van der Waals surface area contributed by atoms with Gasteiger partial charge in [0.2, 0.25) is 5.91 Å². The van der Waals surface area contributed by atoms with Crippen molar-refractivity contribution in [3.05, 3.63) is 35.4 Å². The number of aliphatic imine (C=N–C) groups is 1. The van der Waals surface area contributed by atoms with Crippen LogP contribution in [-0.4, -0.2) is 73.1 Å². The molecule has 2 aliphatic heterocycles. The molecule has 172 valence electrons. The smallest absolute Gasteiger partial charge is 0.409 e. The summed E-state index contributed by atoms with van der Waals surface area (Å²) in [7, 11) is 0. The lowest BCUT2D eigenvalue weighted by Gasteiger charge is -2.32. The molecule has 0 spiro atoms. The van der Waals surface area contributed by atoms with E-state index in [0.29, 0.717) is 32.2 Å². The second-order valence-corrected chi connectivity index (χ2v) is 7.63. The van der Waals surface area contributed by atoms with Crippen LogP contribution in [0.2, 0.25) is 0 Å². The number of amides is 2. The Morgan fingerprint density at radius 1 is 1.10 bits per heavy atom. The highest BCUT2D eigenvalue weighted by Crippen LogP contribution is 2.18. The molecule has 0 radical (unpaired) electrons. The maximum atomic E-state index is 12.7. The predicted molar refractivity (Wildman–Crippen MR) is 132 cm³/mol. The molecule has 0 bridgehead atoms. The number of rotatable bonds is 5. The van der Waals surface area contributed by atoms with Gasteiger partial charge in [-0.2, -0.15) is 0 Å². The Hall–Kier alpha value is -2.04. The molecule has 1 aromatic rings. The summed E-state index contributed by atoms with van der Waals surface area (Å²) in [4.78, 5) is 32.7. The van der Waals surface area contributed by atoms with Gasteiger partial charge in [0, 0.05) is 38.8 Å². The molecule has 2 aliphatic rings. The summed E-state index contributed by atoms with van der Waals surface area (Å²) in [5, 5.41) is 6.63. The van der Waals surface area contributed by atoms with E-state index in [2.05, 4.69) is 27.8 Å². The number of nitrogens with zero attached hydrogens (tertiary/aromatic N) is 3. The number of hydrogen-bond acceptors (Lipinski definition) is 4. The summed E-state index contributed by atoms with van der Waals surface area (Å²) in [6, 6.07) is 8.50. The van der Waals surface area contributed by atoms with Crippen molar-refractivity contribution in [2.75, 3.05) is 39.3 Å². The van der Waals surface area contributed by atoms with Gasteiger partial charge >= 0.3 is 6.09 Å². The number of piperidine rings is 1. The predicted octanol–water partition coefficient (Wildman–Crippen LogP) is 2.37. The molecule has 3 rings (SSSR count). The largest absolute Gasteiger partial charge is 0.450 e. The molecule has 0 aliphatic carbocycles. The van der Waals surface area contributed by atoms with Crippen molar-refractivity contribution in [2.45, 2.75) is 45.7 Å². The highest BCUT2D eigenvalue weighted by molar-refractivity contribution is 14.0. The molecule has 2 amide bonds. The number of guanidine groups is 1. The third-order valence-electron chi connectivity index (χ3n) is 5.56. The number of ether oxygens (including phenoxy) is 1. The summed E-state index contributed by atoms with van der Waals surface area (Å²) in [5.41, 5.74) is 2.55. The van der Waals surface area contributed by atoms with Gasteiger partial charge in [0.05, 0.1) is 6.61 Å². The fourth-order valence-electron chi connectivity index (χ4n) is 3.89. The third kappa shape index (κ3) is 7.26. The quantitative estimate of drug-likeness (QED) is 0.339. The first-order valence-electron chi connectivity index (χ1n) is 10.9. The minimum absolute atomic E-state index is 0. The van der Waals surface area contributed by atoms with Gasteiger partial charge in [-0.15, -0.1) is 24.0 Å². The molecule has 1 aromatic carbocycles. The standard InChI is InChI=1S/C22H33N5O3.HI/c1-3-23-21(25-19-10-13-26(14-11-19)22(29)30-4-2)24-15-20(28)27-12-9-17-7-5-6-8-18(17)16-27;/h5-8,19H,3-4,9-16H2,1-2H3,(H2,23,24,25);1H. The summed E-state index contributed by atoms with van der Waals surface area (Å²) in [6.45, 7) is 7.76. The molecule has 2 heterocycles. The topological polar surface area (TPSA) is 86.3 Å². The Labute approximate surface area is 201 Å². The van der Waals surface area contributed by atoms with Gasteiger partial charge in [0.25, 0.3) is 0 Å². The highest BCUT2D eigenvalue weighted by atomic mass is 127. The van der Waals surface area contributed by atoms with E-state index in [1.54, 1.807) is 4.90 Å². The lowest BCUT2D eigenvalue weighted by molar-refractivity contribution is -0.130. The first-order valence-corrected chi connectivity index (χ1v) is 10.9. The van der Waals surface area contributed by atoms with Crippen molar-refractivity contribution in [3.63, 3.8) is 0 Å². The fourth-order valence-corrected chi connectivity index (χ4v) is 3.89. The van der Waals surface area contributed by atoms with Crippen LogP contribution in [0.25, 0.3) is 0 Å². The third-order valence-corrected chi connectivity index (χ3v) is 5.56. The first-order chi connectivity index (χ1) is 14.6. The van der Waals surface area contributed by atoms with Gasteiger partial charge in [0.15, 0.2) is 5.96 Å². The van der Waals surface area contributed by atoms with E-state index in [1.165, 1.54) is 11.1 Å². The Bertz CT molecular complexity index is 765. The number of carbonyl (C=O) groups excluding carboxylic acids is 2. The molecule has 31 heavy (non-hydrogen) atoms. The summed E-state index contributed by atoms with van der Waals surface area (Å²) < 4.78 is 5.07. The second kappa shape index (κ2) is 12.7. The number of benzene rings is 1. The minimum atomic E-state index is -0.245. The average Bonchev–Trinajstić information content (AvgIpc) is 2.77. The van der Waals surface area contributed by atoms with Crippen molar-refractivity contribution >= 4 is 41.9 Å². The molecule has 1 saturated heterocycles. The van der Waals surface area contributed by atoms with Crippen LogP contribution in [-0.2, 0) is 22.5 Å². The lowest BCUT2D eigenvalue weighted by atomic mass is 10.00. The zero-order chi connectivity index (χ0) is 21.3. The van der Waals surface area contributed by atoms with Gasteiger partial charge in [-0.25, -0.2) is 9.79 Å². The van der Waals surface area contributed by atoms with E-state index in [-0.39, 0.29) is 48.6 Å². The van der Waals surface area contributed by atoms with Crippen molar-refractivity contribution in [1.29, 1.82) is 0 Å². The Morgan fingerprint density at radius 2 is 1.81 bits per heavy atom. The number of halogens is 1. The maximum absolute atomic E-state index is 12.7. The molecular weight excluding hydrogens is 509 g/mol. The summed E-state index contributed by atoms with van der Waals surface area (Å²) >= 11 is 0. The zero-order valence-corrected chi connectivity index (χ0v) is 20.8. The van der Waals surface area contributed by atoms with E-state index in [4.69, 9.17) is 4.74 Å². The lowest BCUT2D eigenvalue weighted by Crippen LogP contribution is -2.50. The van der Waals surface area contributed by atoms with Crippen molar-refractivity contribution < 1.29 is 14.3 Å². The van der Waals surface area contributed by atoms with Gasteiger partial charge in [-0.1, -0.05) is 24.3 Å². The van der Waals surface area contributed by atoms with Crippen LogP contribution in [0.1, 0.15) is 37.8 Å². The minimum Gasteiger partial charge on any atom is -0.450 e. The average molecular weight is 543 g/mol. The molecule has 0 saturated carbocycles. The molecule has 0 aromatic heterocycles. The number of fused-ring (bicyclic) bond motifs is 1. The molecule has 8 nitrogen and oxygen atoms in total. The SMILES string of the molecule is CCNC(=NCC(=O)N1CCc2ccccc2C1)NC1CCN(C(=O)OCC)CC1.I. The van der Waals surface area contributed by atoms with Crippen LogP contribution in [0.5, 0.6) is 0 Å². The molecule has 1 fully saturated rings.